The van der Waals surface area contributed by atoms with Crippen LogP contribution < -0.4 is 5.32 Å². The number of hydrogen-bond acceptors (Lipinski definition) is 1. The number of allylic oxidation sites excluding steroid dienone is 3. The summed E-state index contributed by atoms with van der Waals surface area (Å²) in [6.07, 6.45) is 5.02. The molecule has 0 unspecified atom stereocenters. The molecule has 2 nitrogen and oxygen atoms in total. The van der Waals surface area contributed by atoms with Crippen LogP contribution in [0.5, 0.6) is 0 Å². The molecule has 1 N–H and O–H groups in total. The second-order valence-electron chi connectivity index (χ2n) is 13.6. The van der Waals surface area contributed by atoms with Crippen molar-refractivity contribution in [3.05, 3.63) is 222 Å². The first-order valence-corrected chi connectivity index (χ1v) is 18.4. The predicted molar refractivity (Wildman–Crippen MR) is 225 cm³/mol. The largest absolute Gasteiger partial charge is 0.366 e. The average Bonchev–Trinajstić information content (AvgIpc) is 3.61. The van der Waals surface area contributed by atoms with E-state index in [4.69, 9.17) is 4.99 Å². The van der Waals surface area contributed by atoms with Crippen molar-refractivity contribution in [1.82, 2.24) is 5.32 Å². The molecule has 1 aliphatic rings. The molecule has 0 amide bonds. The van der Waals surface area contributed by atoms with E-state index in [9.17, 15) is 0 Å². The fourth-order valence-electron chi connectivity index (χ4n) is 7.44. The molecule has 0 atom stereocenters. The molecule has 0 saturated heterocycles. The number of rotatable bonds is 10. The number of amidine groups is 1. The second kappa shape index (κ2) is 15.4. The SMILES string of the molecule is C=C/C(=C\C)c1cc(-c2ccc(-c3ccccc3)cc2)cc(-c2ccc3c(c2)-c2c(CNC(=NCc4ccccc4)c4ccccc4)cccc2C3)c1. The number of nitrogens with zero attached hydrogens (tertiary/aromatic N) is 1. The molecular formula is C51H42N2. The Morgan fingerprint density at radius 1 is 0.585 bits per heavy atom. The Labute approximate surface area is 313 Å². The van der Waals surface area contributed by atoms with E-state index in [0.29, 0.717) is 13.1 Å². The van der Waals surface area contributed by atoms with Gasteiger partial charge in [0.1, 0.15) is 5.84 Å². The molecule has 0 aliphatic heterocycles. The molecule has 0 bridgehead atoms. The standard InChI is InChI=1S/C51H42N2/c1-3-37(4-2)46-30-47(40-25-23-39(24-26-40)38-17-10-6-11-18-38)32-48(31-46)42-27-28-43-29-44-21-14-22-45(50(44)49(43)33-42)35-53-51(41-19-12-7-13-20-41)52-34-36-15-8-5-9-16-36/h3-28,30-33H,1,29,34-35H2,2H3,(H,52,53)/b37-4+. The summed E-state index contributed by atoms with van der Waals surface area (Å²) in [7, 11) is 0. The Morgan fingerprint density at radius 2 is 1.21 bits per heavy atom. The van der Waals surface area contributed by atoms with Crippen LogP contribution in [0.4, 0.5) is 0 Å². The lowest BCUT2D eigenvalue weighted by Crippen LogP contribution is -2.24. The third-order valence-electron chi connectivity index (χ3n) is 10.2. The fraction of sp³-hybridized carbons (Fsp3) is 0.0784. The molecular weight excluding hydrogens is 641 g/mol. The summed E-state index contributed by atoms with van der Waals surface area (Å²) in [5.41, 5.74) is 18.4. The lowest BCUT2D eigenvalue weighted by molar-refractivity contribution is 0.897. The minimum Gasteiger partial charge on any atom is -0.366 e. The van der Waals surface area contributed by atoms with Gasteiger partial charge in [-0.3, -0.25) is 4.99 Å². The molecule has 7 aromatic carbocycles. The first-order chi connectivity index (χ1) is 26.2. The van der Waals surface area contributed by atoms with Crippen LogP contribution >= 0.6 is 0 Å². The zero-order valence-corrected chi connectivity index (χ0v) is 30.1. The summed E-state index contributed by atoms with van der Waals surface area (Å²) in [6, 6.07) is 61.0. The van der Waals surface area contributed by atoms with E-state index < -0.39 is 0 Å². The van der Waals surface area contributed by atoms with Crippen LogP contribution in [0.3, 0.4) is 0 Å². The van der Waals surface area contributed by atoms with E-state index in [0.717, 1.165) is 29.0 Å². The molecule has 0 heterocycles. The van der Waals surface area contributed by atoms with Gasteiger partial charge in [-0.1, -0.05) is 164 Å². The van der Waals surface area contributed by atoms with Crippen LogP contribution in [0.2, 0.25) is 0 Å². The van der Waals surface area contributed by atoms with Gasteiger partial charge in [0.25, 0.3) is 0 Å². The highest BCUT2D eigenvalue weighted by molar-refractivity contribution is 5.99. The highest BCUT2D eigenvalue weighted by Gasteiger charge is 2.22. The maximum atomic E-state index is 5.05. The van der Waals surface area contributed by atoms with Gasteiger partial charge >= 0.3 is 0 Å². The van der Waals surface area contributed by atoms with Crippen LogP contribution in [-0.4, -0.2) is 5.84 Å². The van der Waals surface area contributed by atoms with Crippen molar-refractivity contribution < 1.29 is 0 Å². The quantitative estimate of drug-likeness (QED) is 0.0867. The van der Waals surface area contributed by atoms with E-state index in [1.165, 1.54) is 66.8 Å². The van der Waals surface area contributed by atoms with Gasteiger partial charge in [0.05, 0.1) is 6.54 Å². The van der Waals surface area contributed by atoms with Gasteiger partial charge in [-0.2, -0.15) is 0 Å². The lowest BCUT2D eigenvalue weighted by Gasteiger charge is -2.15. The zero-order valence-electron chi connectivity index (χ0n) is 30.1. The third-order valence-corrected chi connectivity index (χ3v) is 10.2. The number of hydrogen-bond donors (Lipinski definition) is 1. The van der Waals surface area contributed by atoms with E-state index in [1.807, 2.05) is 18.2 Å². The normalized spacial score (nSPS) is 12.2. The Morgan fingerprint density at radius 3 is 1.91 bits per heavy atom. The Balaban J connectivity index is 1.13. The Kier molecular flexibility index (Phi) is 9.76. The first kappa shape index (κ1) is 33.6. The van der Waals surface area contributed by atoms with Gasteiger partial charge in [0.2, 0.25) is 0 Å². The van der Waals surface area contributed by atoms with Crippen LogP contribution in [0, 0.1) is 0 Å². The summed E-state index contributed by atoms with van der Waals surface area (Å²) in [4.78, 5) is 5.05. The summed E-state index contributed by atoms with van der Waals surface area (Å²) in [5.74, 6) is 0.905. The average molecular weight is 683 g/mol. The molecule has 2 heteroatoms. The number of benzene rings is 7. The second-order valence-corrected chi connectivity index (χ2v) is 13.6. The topological polar surface area (TPSA) is 24.4 Å². The molecule has 0 aromatic heterocycles. The summed E-state index contributed by atoms with van der Waals surface area (Å²) in [6.45, 7) is 7.51. The van der Waals surface area contributed by atoms with Crippen molar-refractivity contribution in [2.24, 2.45) is 4.99 Å². The van der Waals surface area contributed by atoms with E-state index in [2.05, 4.69) is 183 Å². The van der Waals surface area contributed by atoms with Crippen molar-refractivity contribution in [2.45, 2.75) is 26.4 Å². The summed E-state index contributed by atoms with van der Waals surface area (Å²) in [5, 5.41) is 3.74. The van der Waals surface area contributed by atoms with Crippen molar-refractivity contribution in [3.8, 4) is 44.5 Å². The van der Waals surface area contributed by atoms with Gasteiger partial charge in [-0.15, -0.1) is 0 Å². The van der Waals surface area contributed by atoms with Crippen molar-refractivity contribution in [1.29, 1.82) is 0 Å². The van der Waals surface area contributed by atoms with E-state index in [-0.39, 0.29) is 0 Å². The highest BCUT2D eigenvalue weighted by Crippen LogP contribution is 2.42. The van der Waals surface area contributed by atoms with Crippen LogP contribution in [0.25, 0.3) is 50.1 Å². The van der Waals surface area contributed by atoms with Gasteiger partial charge in [-0.05, 0) is 116 Å². The molecule has 0 spiro atoms. The van der Waals surface area contributed by atoms with Gasteiger partial charge in [0.15, 0.2) is 0 Å². The molecule has 7 aromatic rings. The van der Waals surface area contributed by atoms with Crippen LogP contribution in [0.1, 0.15) is 40.3 Å². The molecule has 8 rings (SSSR count). The lowest BCUT2D eigenvalue weighted by atomic mass is 9.91. The van der Waals surface area contributed by atoms with E-state index in [1.54, 1.807) is 0 Å². The molecule has 0 fully saturated rings. The zero-order chi connectivity index (χ0) is 36.0. The molecule has 0 radical (unpaired) electrons. The Hall–Kier alpha value is -6.51. The monoisotopic (exact) mass is 682 g/mol. The number of nitrogens with one attached hydrogen (secondary N) is 1. The molecule has 0 saturated carbocycles. The minimum absolute atomic E-state index is 0.621. The maximum Gasteiger partial charge on any atom is 0.128 e. The van der Waals surface area contributed by atoms with Crippen molar-refractivity contribution in [3.63, 3.8) is 0 Å². The smallest absolute Gasteiger partial charge is 0.128 e. The Bertz CT molecular complexity index is 2440. The van der Waals surface area contributed by atoms with Gasteiger partial charge in [0, 0.05) is 12.1 Å². The number of fused-ring (bicyclic) bond motifs is 3. The summed E-state index contributed by atoms with van der Waals surface area (Å²) >= 11 is 0. The molecule has 1 aliphatic carbocycles. The highest BCUT2D eigenvalue weighted by atomic mass is 15.0. The van der Waals surface area contributed by atoms with Gasteiger partial charge in [-0.25, -0.2) is 0 Å². The van der Waals surface area contributed by atoms with Crippen LogP contribution in [0.15, 0.2) is 194 Å². The number of aliphatic imine (C=N–C) groups is 1. The maximum absolute atomic E-state index is 5.05. The van der Waals surface area contributed by atoms with E-state index >= 15 is 0 Å². The summed E-state index contributed by atoms with van der Waals surface area (Å²) < 4.78 is 0. The predicted octanol–water partition coefficient (Wildman–Crippen LogP) is 12.6. The molecule has 53 heavy (non-hydrogen) atoms. The van der Waals surface area contributed by atoms with Gasteiger partial charge < -0.3 is 5.32 Å². The first-order valence-electron chi connectivity index (χ1n) is 18.4. The van der Waals surface area contributed by atoms with Crippen molar-refractivity contribution >= 4 is 11.4 Å². The minimum atomic E-state index is 0.621. The fourth-order valence-corrected chi connectivity index (χ4v) is 7.44. The van der Waals surface area contributed by atoms with Crippen LogP contribution in [-0.2, 0) is 19.5 Å². The van der Waals surface area contributed by atoms with Crippen molar-refractivity contribution in [2.75, 3.05) is 0 Å². The molecule has 256 valence electrons. The third kappa shape index (κ3) is 7.31.